The second kappa shape index (κ2) is 7.76. The van der Waals surface area contributed by atoms with E-state index < -0.39 is 0 Å². The zero-order valence-corrected chi connectivity index (χ0v) is 11.4. The Morgan fingerprint density at radius 3 is 2.44 bits per heavy atom. The summed E-state index contributed by atoms with van der Waals surface area (Å²) in [5.41, 5.74) is 0.738. The zero-order chi connectivity index (χ0) is 13.4. The molecule has 0 aliphatic rings. The van der Waals surface area contributed by atoms with Crippen molar-refractivity contribution in [1.29, 1.82) is 0 Å². The number of carbonyl (C=O) groups is 2. The molecule has 0 aromatic heterocycles. The van der Waals surface area contributed by atoms with Crippen molar-refractivity contribution in [2.75, 3.05) is 18.2 Å². The van der Waals surface area contributed by atoms with Crippen LogP contribution >= 0.6 is 11.8 Å². The lowest BCUT2D eigenvalue weighted by Crippen LogP contribution is -2.14. The maximum atomic E-state index is 11.6. The van der Waals surface area contributed by atoms with E-state index in [1.807, 2.05) is 30.5 Å². The molecule has 0 spiro atoms. The second-order valence-electron chi connectivity index (χ2n) is 3.58. The number of carbonyl (C=O) groups excluding carboxylic acids is 2. The average Bonchev–Trinajstić information content (AvgIpc) is 2.38. The van der Waals surface area contributed by atoms with Crippen LogP contribution in [-0.2, 0) is 14.3 Å². The van der Waals surface area contributed by atoms with Gasteiger partial charge < -0.3 is 10.1 Å². The van der Waals surface area contributed by atoms with E-state index in [1.54, 1.807) is 18.7 Å². The maximum absolute atomic E-state index is 11.6. The molecule has 1 amide bonds. The number of ether oxygens (including phenoxy) is 1. The van der Waals surface area contributed by atoms with Gasteiger partial charge in [-0.05, 0) is 37.4 Å². The number of benzene rings is 1. The van der Waals surface area contributed by atoms with Crippen LogP contribution in [0.1, 0.15) is 19.8 Å². The first kappa shape index (κ1) is 14.6. The third-order valence-electron chi connectivity index (χ3n) is 2.24. The number of amides is 1. The second-order valence-corrected chi connectivity index (χ2v) is 4.46. The summed E-state index contributed by atoms with van der Waals surface area (Å²) in [6.45, 7) is 2.09. The van der Waals surface area contributed by atoms with Crippen LogP contribution in [0, 0.1) is 0 Å². The normalized spacial score (nSPS) is 9.89. The smallest absolute Gasteiger partial charge is 0.306 e. The van der Waals surface area contributed by atoms with Crippen LogP contribution in [-0.4, -0.2) is 24.7 Å². The molecule has 0 aliphatic carbocycles. The molecule has 1 rings (SSSR count). The van der Waals surface area contributed by atoms with Crippen LogP contribution in [0.2, 0.25) is 0 Å². The van der Waals surface area contributed by atoms with Gasteiger partial charge in [-0.1, -0.05) is 0 Å². The molecule has 1 aromatic rings. The van der Waals surface area contributed by atoms with Crippen LogP contribution < -0.4 is 5.32 Å². The molecule has 0 aliphatic heterocycles. The Bertz CT molecular complexity index is 403. The molecule has 18 heavy (non-hydrogen) atoms. The first-order valence-corrected chi connectivity index (χ1v) is 6.97. The highest BCUT2D eigenvalue weighted by Crippen LogP contribution is 2.17. The van der Waals surface area contributed by atoms with Crippen molar-refractivity contribution in [3.8, 4) is 0 Å². The maximum Gasteiger partial charge on any atom is 0.306 e. The van der Waals surface area contributed by atoms with Crippen LogP contribution in [0.4, 0.5) is 5.69 Å². The third kappa shape index (κ3) is 5.23. The Morgan fingerprint density at radius 2 is 1.89 bits per heavy atom. The first-order chi connectivity index (χ1) is 8.65. The highest BCUT2D eigenvalue weighted by molar-refractivity contribution is 7.98. The molecular formula is C13H17NO3S. The van der Waals surface area contributed by atoms with E-state index in [2.05, 4.69) is 5.32 Å². The Hall–Kier alpha value is -1.49. The lowest BCUT2D eigenvalue weighted by molar-refractivity contribution is -0.144. The predicted octanol–water partition coefficient (Wildman–Crippen LogP) is 2.69. The fourth-order valence-corrected chi connectivity index (χ4v) is 1.75. The van der Waals surface area contributed by atoms with E-state index in [0.717, 1.165) is 10.6 Å². The summed E-state index contributed by atoms with van der Waals surface area (Å²) in [6.07, 6.45) is 2.25. The van der Waals surface area contributed by atoms with Gasteiger partial charge in [-0.3, -0.25) is 9.59 Å². The SMILES string of the molecule is CCOC(=O)CCC(=O)Nc1ccc(SC)cc1. The standard InChI is InChI=1S/C13H17NO3S/c1-3-17-13(16)9-8-12(15)14-10-4-6-11(18-2)7-5-10/h4-7H,3,8-9H2,1-2H3,(H,14,15). The molecular weight excluding hydrogens is 250 g/mol. The number of anilines is 1. The van der Waals surface area contributed by atoms with Crippen molar-refractivity contribution >= 4 is 29.3 Å². The minimum Gasteiger partial charge on any atom is -0.466 e. The Balaban J connectivity index is 2.37. The number of esters is 1. The van der Waals surface area contributed by atoms with Gasteiger partial charge in [0, 0.05) is 17.0 Å². The molecule has 0 saturated heterocycles. The molecule has 4 nitrogen and oxygen atoms in total. The zero-order valence-electron chi connectivity index (χ0n) is 10.6. The minimum absolute atomic E-state index is 0.114. The van der Waals surface area contributed by atoms with Gasteiger partial charge in [0.05, 0.1) is 13.0 Å². The number of nitrogens with one attached hydrogen (secondary N) is 1. The minimum atomic E-state index is -0.342. The van der Waals surface area contributed by atoms with E-state index in [0.29, 0.717) is 6.61 Å². The van der Waals surface area contributed by atoms with Crippen molar-refractivity contribution in [3.63, 3.8) is 0 Å². The number of hydrogen-bond acceptors (Lipinski definition) is 4. The predicted molar refractivity (Wildman–Crippen MR) is 72.7 cm³/mol. The van der Waals surface area contributed by atoms with Crippen molar-refractivity contribution in [2.45, 2.75) is 24.7 Å². The van der Waals surface area contributed by atoms with E-state index in [-0.39, 0.29) is 24.7 Å². The average molecular weight is 267 g/mol. The largest absolute Gasteiger partial charge is 0.466 e. The van der Waals surface area contributed by atoms with Crippen molar-refractivity contribution in [1.82, 2.24) is 0 Å². The molecule has 1 N–H and O–H groups in total. The van der Waals surface area contributed by atoms with Gasteiger partial charge in [0.15, 0.2) is 0 Å². The molecule has 0 heterocycles. The van der Waals surface area contributed by atoms with E-state index >= 15 is 0 Å². The number of rotatable bonds is 6. The van der Waals surface area contributed by atoms with E-state index in [1.165, 1.54) is 0 Å². The monoisotopic (exact) mass is 267 g/mol. The Labute approximate surface area is 111 Å². The lowest BCUT2D eigenvalue weighted by Gasteiger charge is -2.05. The summed E-state index contributed by atoms with van der Waals surface area (Å²) in [5.74, 6) is -0.523. The van der Waals surface area contributed by atoms with Gasteiger partial charge in [0.25, 0.3) is 0 Å². The van der Waals surface area contributed by atoms with Crippen molar-refractivity contribution < 1.29 is 14.3 Å². The van der Waals surface area contributed by atoms with Gasteiger partial charge in [-0.15, -0.1) is 11.8 Å². The summed E-state index contributed by atoms with van der Waals surface area (Å²) >= 11 is 1.64. The van der Waals surface area contributed by atoms with Crippen molar-refractivity contribution in [3.05, 3.63) is 24.3 Å². The summed E-state index contributed by atoms with van der Waals surface area (Å²) in [5, 5.41) is 2.73. The Kier molecular flexibility index (Phi) is 6.28. The molecule has 0 saturated carbocycles. The molecule has 5 heteroatoms. The van der Waals surface area contributed by atoms with Crippen LogP contribution in [0.3, 0.4) is 0 Å². The number of hydrogen-bond donors (Lipinski definition) is 1. The van der Waals surface area contributed by atoms with Crippen molar-refractivity contribution in [2.24, 2.45) is 0 Å². The van der Waals surface area contributed by atoms with E-state index in [9.17, 15) is 9.59 Å². The summed E-state index contributed by atoms with van der Waals surface area (Å²) in [7, 11) is 0. The summed E-state index contributed by atoms with van der Waals surface area (Å²) in [6, 6.07) is 7.56. The first-order valence-electron chi connectivity index (χ1n) is 5.75. The van der Waals surface area contributed by atoms with Gasteiger partial charge >= 0.3 is 5.97 Å². The van der Waals surface area contributed by atoms with Crippen LogP contribution in [0.5, 0.6) is 0 Å². The highest BCUT2D eigenvalue weighted by atomic mass is 32.2. The van der Waals surface area contributed by atoms with Crippen LogP contribution in [0.15, 0.2) is 29.2 Å². The van der Waals surface area contributed by atoms with E-state index in [4.69, 9.17) is 4.74 Å². The molecule has 0 radical (unpaired) electrons. The van der Waals surface area contributed by atoms with Gasteiger partial charge in [0.1, 0.15) is 0 Å². The molecule has 0 atom stereocenters. The third-order valence-corrected chi connectivity index (χ3v) is 2.98. The van der Waals surface area contributed by atoms with Gasteiger partial charge in [0.2, 0.25) is 5.91 Å². The van der Waals surface area contributed by atoms with Gasteiger partial charge in [-0.2, -0.15) is 0 Å². The number of thioether (sulfide) groups is 1. The lowest BCUT2D eigenvalue weighted by atomic mass is 10.2. The molecule has 0 fully saturated rings. The quantitative estimate of drug-likeness (QED) is 0.636. The fraction of sp³-hybridized carbons (Fsp3) is 0.385. The Morgan fingerprint density at radius 1 is 1.22 bits per heavy atom. The molecule has 0 bridgehead atoms. The molecule has 0 unspecified atom stereocenters. The fourth-order valence-electron chi connectivity index (χ4n) is 1.35. The van der Waals surface area contributed by atoms with Gasteiger partial charge in [-0.25, -0.2) is 0 Å². The molecule has 98 valence electrons. The van der Waals surface area contributed by atoms with Crippen LogP contribution in [0.25, 0.3) is 0 Å². The summed E-state index contributed by atoms with van der Waals surface area (Å²) in [4.78, 5) is 23.8. The molecule has 1 aromatic carbocycles. The highest BCUT2D eigenvalue weighted by Gasteiger charge is 2.07. The summed E-state index contributed by atoms with van der Waals surface area (Å²) < 4.78 is 4.75. The topological polar surface area (TPSA) is 55.4 Å².